The van der Waals surface area contributed by atoms with Crippen molar-refractivity contribution in [3.8, 4) is 5.75 Å². The van der Waals surface area contributed by atoms with Gasteiger partial charge in [-0.05, 0) is 25.0 Å². The van der Waals surface area contributed by atoms with Crippen LogP contribution in [0.1, 0.15) is 19.3 Å². The van der Waals surface area contributed by atoms with Crippen LogP contribution < -0.4 is 10.1 Å². The molecule has 1 aromatic rings. The molecule has 1 N–H and O–H groups in total. The summed E-state index contributed by atoms with van der Waals surface area (Å²) in [5.74, 6) is 0.454. The van der Waals surface area contributed by atoms with E-state index < -0.39 is 5.54 Å². The number of esters is 1. The van der Waals surface area contributed by atoms with Crippen molar-refractivity contribution < 1.29 is 19.0 Å². The number of benzene rings is 1. The molecule has 1 aliphatic rings. The fourth-order valence-corrected chi connectivity index (χ4v) is 2.53. The van der Waals surface area contributed by atoms with E-state index in [0.717, 1.165) is 12.1 Å². The zero-order valence-electron chi connectivity index (χ0n) is 12.0. The third-order valence-corrected chi connectivity index (χ3v) is 3.62. The third-order valence-electron chi connectivity index (χ3n) is 3.62. The van der Waals surface area contributed by atoms with E-state index in [1.807, 2.05) is 24.3 Å². The molecule has 5 nitrogen and oxygen atoms in total. The van der Waals surface area contributed by atoms with Gasteiger partial charge in [0.15, 0.2) is 0 Å². The maximum Gasteiger partial charge on any atom is 0.331 e. The first-order chi connectivity index (χ1) is 9.72. The minimum Gasteiger partial charge on any atom is -0.495 e. The number of hydrogen-bond donors (Lipinski definition) is 1. The molecule has 1 saturated heterocycles. The summed E-state index contributed by atoms with van der Waals surface area (Å²) in [6, 6.07) is 7.56. The summed E-state index contributed by atoms with van der Waals surface area (Å²) in [6.07, 6.45) is 2.08. The molecule has 0 aromatic heterocycles. The lowest BCUT2D eigenvalue weighted by molar-refractivity contribution is -0.146. The van der Waals surface area contributed by atoms with Crippen molar-refractivity contribution in [3.63, 3.8) is 0 Å². The highest BCUT2D eigenvalue weighted by Crippen LogP contribution is 2.32. The van der Waals surface area contributed by atoms with Crippen LogP contribution >= 0.6 is 0 Å². The van der Waals surface area contributed by atoms with Crippen LogP contribution in [0, 0.1) is 0 Å². The highest BCUT2D eigenvalue weighted by Gasteiger charge is 2.40. The third kappa shape index (κ3) is 3.04. The van der Waals surface area contributed by atoms with Gasteiger partial charge in [0.1, 0.15) is 11.3 Å². The van der Waals surface area contributed by atoms with Crippen LogP contribution in [-0.2, 0) is 14.3 Å². The highest BCUT2D eigenvalue weighted by atomic mass is 16.5. The summed E-state index contributed by atoms with van der Waals surface area (Å²) in [5.41, 5.74) is 0.0437. The molecule has 5 heteroatoms. The van der Waals surface area contributed by atoms with Gasteiger partial charge >= 0.3 is 5.97 Å². The summed E-state index contributed by atoms with van der Waals surface area (Å²) < 4.78 is 15.8. The molecule has 1 aromatic carbocycles. The fraction of sp³-hybridized carbons (Fsp3) is 0.533. The van der Waals surface area contributed by atoms with Gasteiger partial charge in [-0.3, -0.25) is 0 Å². The molecule has 1 atom stereocenters. The number of para-hydroxylation sites is 2. The molecule has 1 aliphatic heterocycles. The minimum atomic E-state index is -0.750. The Balaban J connectivity index is 2.29. The van der Waals surface area contributed by atoms with Gasteiger partial charge in [-0.25, -0.2) is 4.79 Å². The zero-order chi connectivity index (χ0) is 14.4. The Morgan fingerprint density at radius 2 is 2.05 bits per heavy atom. The van der Waals surface area contributed by atoms with Crippen molar-refractivity contribution in [1.82, 2.24) is 0 Å². The van der Waals surface area contributed by atoms with Gasteiger partial charge in [0.25, 0.3) is 0 Å². The van der Waals surface area contributed by atoms with Crippen LogP contribution in [0.15, 0.2) is 24.3 Å². The lowest BCUT2D eigenvalue weighted by atomic mass is 9.90. The Morgan fingerprint density at radius 1 is 1.25 bits per heavy atom. The molecule has 0 aliphatic carbocycles. The van der Waals surface area contributed by atoms with Crippen molar-refractivity contribution in [3.05, 3.63) is 24.3 Å². The van der Waals surface area contributed by atoms with Crippen LogP contribution in [0.3, 0.4) is 0 Å². The Hall–Kier alpha value is -1.75. The molecule has 1 fully saturated rings. The number of anilines is 1. The summed E-state index contributed by atoms with van der Waals surface area (Å²) >= 11 is 0. The Morgan fingerprint density at radius 3 is 2.80 bits per heavy atom. The van der Waals surface area contributed by atoms with Crippen LogP contribution in [0.4, 0.5) is 5.69 Å². The summed E-state index contributed by atoms with van der Waals surface area (Å²) in [7, 11) is 3.03. The second kappa shape index (κ2) is 6.61. The molecule has 0 radical (unpaired) electrons. The van der Waals surface area contributed by atoms with Crippen molar-refractivity contribution >= 4 is 11.7 Å². The van der Waals surface area contributed by atoms with Crippen molar-refractivity contribution in [2.75, 3.05) is 32.8 Å². The monoisotopic (exact) mass is 279 g/mol. The van der Waals surface area contributed by atoms with Gasteiger partial charge in [-0.15, -0.1) is 0 Å². The molecule has 0 bridgehead atoms. The number of carbonyl (C=O) groups excluding carboxylic acids is 1. The molecule has 2 rings (SSSR count). The SMILES string of the molecule is COC(=O)C1(Nc2ccccc2OC)CCCOCC1. The first-order valence-electron chi connectivity index (χ1n) is 6.79. The summed E-state index contributed by atoms with van der Waals surface area (Å²) in [5, 5.41) is 3.33. The smallest absolute Gasteiger partial charge is 0.331 e. The highest BCUT2D eigenvalue weighted by molar-refractivity contribution is 5.85. The van der Waals surface area contributed by atoms with Crippen molar-refractivity contribution in [1.29, 1.82) is 0 Å². The molecule has 20 heavy (non-hydrogen) atoms. The Labute approximate surface area is 119 Å². The predicted molar refractivity (Wildman–Crippen MR) is 76.0 cm³/mol. The molecule has 110 valence electrons. The molecule has 0 amide bonds. The van der Waals surface area contributed by atoms with Gasteiger partial charge < -0.3 is 19.5 Å². The van der Waals surface area contributed by atoms with Crippen molar-refractivity contribution in [2.24, 2.45) is 0 Å². The Kier molecular flexibility index (Phi) is 4.84. The lowest BCUT2D eigenvalue weighted by Gasteiger charge is -2.32. The first kappa shape index (κ1) is 14.7. The topological polar surface area (TPSA) is 56.8 Å². The lowest BCUT2D eigenvalue weighted by Crippen LogP contribution is -2.47. The van der Waals surface area contributed by atoms with Gasteiger partial charge in [0, 0.05) is 19.6 Å². The van der Waals surface area contributed by atoms with E-state index >= 15 is 0 Å². The van der Waals surface area contributed by atoms with Crippen LogP contribution in [0.25, 0.3) is 0 Å². The van der Waals surface area contributed by atoms with E-state index in [-0.39, 0.29) is 5.97 Å². The molecule has 0 spiro atoms. The van der Waals surface area contributed by atoms with Gasteiger partial charge in [-0.2, -0.15) is 0 Å². The van der Waals surface area contributed by atoms with Gasteiger partial charge in [0.2, 0.25) is 0 Å². The summed E-state index contributed by atoms with van der Waals surface area (Å²) in [6.45, 7) is 1.21. The van der Waals surface area contributed by atoms with Gasteiger partial charge in [-0.1, -0.05) is 12.1 Å². The second-order valence-corrected chi connectivity index (χ2v) is 4.86. The van der Waals surface area contributed by atoms with E-state index in [1.165, 1.54) is 7.11 Å². The largest absolute Gasteiger partial charge is 0.495 e. The fourth-order valence-electron chi connectivity index (χ4n) is 2.53. The standard InChI is InChI=1S/C15H21NO4/c1-18-13-7-4-3-6-12(13)16-15(14(17)19-2)8-5-10-20-11-9-15/h3-4,6-7,16H,5,8-11H2,1-2H3. The molecular formula is C15H21NO4. The maximum absolute atomic E-state index is 12.3. The number of methoxy groups -OCH3 is 2. The van der Waals surface area contributed by atoms with E-state index in [2.05, 4.69) is 5.32 Å². The maximum atomic E-state index is 12.3. The molecular weight excluding hydrogens is 258 g/mol. The van der Waals surface area contributed by atoms with Gasteiger partial charge in [0.05, 0.1) is 19.9 Å². The number of nitrogens with one attached hydrogen (secondary N) is 1. The molecule has 1 heterocycles. The second-order valence-electron chi connectivity index (χ2n) is 4.86. The first-order valence-corrected chi connectivity index (χ1v) is 6.79. The Bertz CT molecular complexity index is 453. The zero-order valence-corrected chi connectivity index (χ0v) is 12.0. The molecule has 1 unspecified atom stereocenters. The van der Waals surface area contributed by atoms with E-state index in [9.17, 15) is 4.79 Å². The number of rotatable bonds is 4. The number of hydrogen-bond acceptors (Lipinski definition) is 5. The molecule has 0 saturated carbocycles. The van der Waals surface area contributed by atoms with Crippen LogP contribution in [0.5, 0.6) is 5.75 Å². The van der Waals surface area contributed by atoms with E-state index in [0.29, 0.717) is 31.8 Å². The average Bonchev–Trinajstić information content (AvgIpc) is 2.73. The van der Waals surface area contributed by atoms with Crippen LogP contribution in [-0.4, -0.2) is 38.9 Å². The summed E-state index contributed by atoms with van der Waals surface area (Å²) in [4.78, 5) is 12.3. The van der Waals surface area contributed by atoms with Crippen molar-refractivity contribution in [2.45, 2.75) is 24.8 Å². The normalized spacial score (nSPS) is 22.7. The van der Waals surface area contributed by atoms with E-state index in [1.54, 1.807) is 7.11 Å². The average molecular weight is 279 g/mol. The van der Waals surface area contributed by atoms with Crippen LogP contribution in [0.2, 0.25) is 0 Å². The van der Waals surface area contributed by atoms with E-state index in [4.69, 9.17) is 14.2 Å². The predicted octanol–water partition coefficient (Wildman–Crippen LogP) is 2.22. The quantitative estimate of drug-likeness (QED) is 0.856. The number of carbonyl (C=O) groups is 1. The number of ether oxygens (including phenoxy) is 3. The minimum absolute atomic E-state index is 0.256.